The summed E-state index contributed by atoms with van der Waals surface area (Å²) in [6, 6.07) is 0.887. The van der Waals surface area contributed by atoms with Crippen molar-refractivity contribution >= 4 is 21.8 Å². The van der Waals surface area contributed by atoms with E-state index < -0.39 is 46.0 Å². The zero-order chi connectivity index (χ0) is 19.9. The van der Waals surface area contributed by atoms with Gasteiger partial charge in [0.2, 0.25) is 0 Å². The first-order valence-corrected chi connectivity index (χ1v) is 10.3. The monoisotopic (exact) mass is 401 g/mol. The topological polar surface area (TPSA) is 119 Å². The summed E-state index contributed by atoms with van der Waals surface area (Å²) in [6.45, 7) is 4.23. The summed E-state index contributed by atoms with van der Waals surface area (Å²) in [5.41, 5.74) is 0.133. The molecule has 0 aromatic heterocycles. The first-order valence-electron chi connectivity index (χ1n) is 8.88. The highest BCUT2D eigenvalue weighted by molar-refractivity contribution is 7.92. The van der Waals surface area contributed by atoms with Crippen LogP contribution < -0.4 is 14.3 Å². The van der Waals surface area contributed by atoms with Crippen LogP contribution in [0.5, 0.6) is 5.75 Å². The van der Waals surface area contributed by atoms with Crippen molar-refractivity contribution in [1.82, 2.24) is 10.0 Å². The Hall–Kier alpha value is -1.91. The third kappa shape index (κ3) is 3.87. The smallest absolute Gasteiger partial charge is 0.326 e. The normalized spacial score (nSPS) is 24.2. The molecule has 1 aliphatic heterocycles. The number of phenolic OH excluding ortho intramolecular Hbond substituents is 1. The van der Waals surface area contributed by atoms with Crippen LogP contribution in [0.3, 0.4) is 0 Å². The summed E-state index contributed by atoms with van der Waals surface area (Å²) in [5.74, 6) is -1.77. The number of aliphatic hydroxyl groups excluding tert-OH is 1. The Labute approximate surface area is 157 Å². The van der Waals surface area contributed by atoms with Gasteiger partial charge >= 0.3 is 10.2 Å². The van der Waals surface area contributed by atoms with Crippen molar-refractivity contribution in [2.75, 3.05) is 17.4 Å². The number of carbonyl (C=O) groups is 1. The van der Waals surface area contributed by atoms with Gasteiger partial charge in [0.15, 0.2) is 5.82 Å². The molecule has 2 atom stereocenters. The minimum absolute atomic E-state index is 0.142. The van der Waals surface area contributed by atoms with E-state index in [2.05, 4.69) is 19.2 Å². The molecule has 150 valence electrons. The van der Waals surface area contributed by atoms with Crippen LogP contribution in [0.2, 0.25) is 0 Å². The van der Waals surface area contributed by atoms with Gasteiger partial charge < -0.3 is 15.5 Å². The molecule has 0 bridgehead atoms. The van der Waals surface area contributed by atoms with Crippen molar-refractivity contribution < 1.29 is 27.8 Å². The lowest BCUT2D eigenvalue weighted by molar-refractivity contribution is -0.117. The highest BCUT2D eigenvalue weighted by Gasteiger charge is 2.39. The Balaban J connectivity index is 1.92. The van der Waals surface area contributed by atoms with Crippen LogP contribution in [-0.2, 0) is 27.8 Å². The molecule has 1 amide bonds. The number of benzene rings is 1. The predicted octanol–water partition coefficient (Wildman–Crippen LogP) is 0.176. The molecular formula is C17H24FN3O5S. The molecule has 10 heteroatoms. The van der Waals surface area contributed by atoms with Crippen molar-refractivity contribution in [3.63, 3.8) is 0 Å². The van der Waals surface area contributed by atoms with Crippen molar-refractivity contribution in [2.45, 2.75) is 45.3 Å². The summed E-state index contributed by atoms with van der Waals surface area (Å²) >= 11 is 0. The summed E-state index contributed by atoms with van der Waals surface area (Å²) in [6.07, 6.45) is 0.457. The first-order chi connectivity index (χ1) is 12.6. The quantitative estimate of drug-likeness (QED) is 0.559. The molecule has 2 aliphatic rings. The average molecular weight is 401 g/mol. The molecule has 0 radical (unpaired) electrons. The molecule has 27 heavy (non-hydrogen) atoms. The Morgan fingerprint density at radius 3 is 2.70 bits per heavy atom. The molecule has 1 aromatic carbocycles. The van der Waals surface area contributed by atoms with E-state index in [4.69, 9.17) is 0 Å². The number of hydrogen-bond acceptors (Lipinski definition) is 6. The zero-order valence-corrected chi connectivity index (χ0v) is 16.0. The molecule has 1 fully saturated rings. The number of aliphatic hydroxyl groups is 1. The van der Waals surface area contributed by atoms with Crippen molar-refractivity contribution in [1.29, 1.82) is 0 Å². The van der Waals surface area contributed by atoms with Crippen LogP contribution in [0.15, 0.2) is 6.07 Å². The minimum atomic E-state index is -4.24. The molecule has 0 unspecified atom stereocenters. The number of anilines is 1. The molecule has 1 heterocycles. The van der Waals surface area contributed by atoms with Gasteiger partial charge in [0.25, 0.3) is 5.91 Å². The summed E-state index contributed by atoms with van der Waals surface area (Å²) < 4.78 is 41.5. The van der Waals surface area contributed by atoms with E-state index in [0.717, 1.165) is 6.42 Å². The number of fused-ring (bicyclic) bond motifs is 1. The zero-order valence-electron chi connectivity index (χ0n) is 15.2. The number of phenols is 1. The molecule has 1 aromatic rings. The first kappa shape index (κ1) is 19.8. The fraction of sp³-hybridized carbons (Fsp3) is 0.588. The highest BCUT2D eigenvalue weighted by Crippen LogP contribution is 2.39. The molecule has 1 saturated heterocycles. The van der Waals surface area contributed by atoms with Gasteiger partial charge in [-0.2, -0.15) is 8.42 Å². The molecule has 3 rings (SSSR count). The standard InChI is InChI=1S/C17H24FN3O5S/c1-9(2)3-4-19-12-7-11-10(5-13(12)22)6-14(23)17(16(11)18)21-8-15(24)20-27(21,25)26/h6,9,12-13,19,22-23H,3-5,7-8H2,1-2H3,(H,20,24)/t12-,13-/m0/s1. The Morgan fingerprint density at radius 2 is 2.11 bits per heavy atom. The third-order valence-electron chi connectivity index (χ3n) is 4.93. The molecule has 4 N–H and O–H groups in total. The molecule has 0 spiro atoms. The Bertz CT molecular complexity index is 859. The number of rotatable bonds is 5. The Kier molecular flexibility index (Phi) is 5.33. The number of amides is 1. The fourth-order valence-electron chi connectivity index (χ4n) is 3.49. The van der Waals surface area contributed by atoms with E-state index in [1.54, 1.807) is 4.72 Å². The molecule has 1 aliphatic carbocycles. The van der Waals surface area contributed by atoms with Gasteiger partial charge in [0, 0.05) is 12.5 Å². The maximum atomic E-state index is 15.2. The van der Waals surface area contributed by atoms with E-state index in [9.17, 15) is 23.4 Å². The van der Waals surface area contributed by atoms with E-state index in [0.29, 0.717) is 22.3 Å². The number of halogens is 1. The van der Waals surface area contributed by atoms with E-state index in [1.807, 2.05) is 0 Å². The van der Waals surface area contributed by atoms with Crippen LogP contribution >= 0.6 is 0 Å². The van der Waals surface area contributed by atoms with Crippen LogP contribution in [0.25, 0.3) is 0 Å². The second-order valence-corrected chi connectivity index (χ2v) is 9.05. The third-order valence-corrected chi connectivity index (χ3v) is 6.31. The lowest BCUT2D eigenvalue weighted by atomic mass is 9.85. The van der Waals surface area contributed by atoms with E-state index in [1.165, 1.54) is 6.07 Å². The number of hydrogen-bond donors (Lipinski definition) is 4. The lowest BCUT2D eigenvalue weighted by Gasteiger charge is -2.32. The maximum Gasteiger partial charge on any atom is 0.326 e. The van der Waals surface area contributed by atoms with Gasteiger partial charge in [-0.05, 0) is 42.5 Å². The molecule has 0 saturated carbocycles. The van der Waals surface area contributed by atoms with Crippen LogP contribution in [-0.4, -0.2) is 49.8 Å². The van der Waals surface area contributed by atoms with E-state index in [-0.39, 0.29) is 24.4 Å². The number of carbonyl (C=O) groups excluding carboxylic acids is 1. The van der Waals surface area contributed by atoms with Crippen molar-refractivity contribution in [3.05, 3.63) is 23.0 Å². The van der Waals surface area contributed by atoms with Gasteiger partial charge in [-0.1, -0.05) is 13.8 Å². The van der Waals surface area contributed by atoms with Crippen molar-refractivity contribution in [3.8, 4) is 5.75 Å². The Morgan fingerprint density at radius 1 is 1.41 bits per heavy atom. The SMILES string of the molecule is CC(C)CCN[C@H]1Cc2c(cc(O)c(N3CC(=O)NS3(=O)=O)c2F)C[C@@H]1O. The molecular weight excluding hydrogens is 377 g/mol. The number of aromatic hydroxyl groups is 1. The summed E-state index contributed by atoms with van der Waals surface area (Å²) in [4.78, 5) is 11.4. The average Bonchev–Trinajstić information content (AvgIpc) is 2.80. The second-order valence-electron chi connectivity index (χ2n) is 7.45. The number of nitrogens with zero attached hydrogens (tertiary/aromatic N) is 1. The van der Waals surface area contributed by atoms with Gasteiger partial charge in [-0.15, -0.1) is 0 Å². The second kappa shape index (κ2) is 7.25. The van der Waals surface area contributed by atoms with Gasteiger partial charge in [0.1, 0.15) is 18.0 Å². The fourth-order valence-corrected chi connectivity index (χ4v) is 4.66. The highest BCUT2D eigenvalue weighted by atomic mass is 32.2. The lowest BCUT2D eigenvalue weighted by Crippen LogP contribution is -2.46. The van der Waals surface area contributed by atoms with Crippen molar-refractivity contribution in [2.24, 2.45) is 5.92 Å². The van der Waals surface area contributed by atoms with Crippen LogP contribution in [0.1, 0.15) is 31.4 Å². The predicted molar refractivity (Wildman–Crippen MR) is 97.1 cm³/mol. The van der Waals surface area contributed by atoms with Gasteiger partial charge in [0.05, 0.1) is 6.10 Å². The summed E-state index contributed by atoms with van der Waals surface area (Å²) in [7, 11) is -4.24. The minimum Gasteiger partial charge on any atom is -0.506 e. The molecule has 8 nitrogen and oxygen atoms in total. The van der Waals surface area contributed by atoms with Gasteiger partial charge in [-0.3, -0.25) is 4.79 Å². The number of nitrogens with one attached hydrogen (secondary N) is 2. The van der Waals surface area contributed by atoms with Gasteiger partial charge in [-0.25, -0.2) is 13.4 Å². The largest absolute Gasteiger partial charge is 0.506 e. The van der Waals surface area contributed by atoms with Crippen LogP contribution in [0, 0.1) is 11.7 Å². The van der Waals surface area contributed by atoms with Crippen LogP contribution in [0.4, 0.5) is 10.1 Å². The maximum absolute atomic E-state index is 15.2. The summed E-state index contributed by atoms with van der Waals surface area (Å²) in [5, 5.41) is 23.8. The van der Waals surface area contributed by atoms with E-state index >= 15 is 4.39 Å².